The molecular weight excluding hydrogens is 266 g/mol. The molecular formula is C14H12ClNO3. The van der Waals surface area contributed by atoms with E-state index in [-0.39, 0.29) is 12.3 Å². The molecule has 0 N–H and O–H groups in total. The van der Waals surface area contributed by atoms with Crippen molar-refractivity contribution >= 4 is 17.3 Å². The first-order valence-corrected chi connectivity index (χ1v) is 6.07. The summed E-state index contributed by atoms with van der Waals surface area (Å²) in [6.07, 6.45) is 0. The van der Waals surface area contributed by atoms with Gasteiger partial charge in [0.25, 0.3) is 5.69 Å². The first-order valence-electron chi connectivity index (χ1n) is 5.69. The third-order valence-electron chi connectivity index (χ3n) is 2.66. The summed E-state index contributed by atoms with van der Waals surface area (Å²) in [5.74, 6) is 0.661. The molecule has 2 aromatic carbocycles. The van der Waals surface area contributed by atoms with Gasteiger partial charge >= 0.3 is 0 Å². The maximum atomic E-state index is 10.9. The Balaban J connectivity index is 2.22. The smallest absolute Gasteiger partial charge is 0.277 e. The van der Waals surface area contributed by atoms with E-state index in [0.29, 0.717) is 16.3 Å². The van der Waals surface area contributed by atoms with Crippen LogP contribution >= 0.6 is 11.6 Å². The average molecular weight is 278 g/mol. The van der Waals surface area contributed by atoms with Gasteiger partial charge < -0.3 is 4.74 Å². The van der Waals surface area contributed by atoms with Gasteiger partial charge in [-0.3, -0.25) is 10.1 Å². The van der Waals surface area contributed by atoms with Crippen LogP contribution in [0.2, 0.25) is 5.02 Å². The molecule has 2 rings (SSSR count). The van der Waals surface area contributed by atoms with E-state index in [1.165, 1.54) is 6.07 Å². The third-order valence-corrected chi connectivity index (χ3v) is 3.02. The van der Waals surface area contributed by atoms with Crippen LogP contribution in [-0.2, 0) is 6.61 Å². The summed E-state index contributed by atoms with van der Waals surface area (Å²) in [7, 11) is 0. The van der Waals surface area contributed by atoms with Crippen LogP contribution in [0.3, 0.4) is 0 Å². The van der Waals surface area contributed by atoms with Crippen LogP contribution in [0.4, 0.5) is 5.69 Å². The Labute approximate surface area is 115 Å². The van der Waals surface area contributed by atoms with E-state index in [1.54, 1.807) is 18.2 Å². The van der Waals surface area contributed by atoms with Crippen molar-refractivity contribution < 1.29 is 9.66 Å². The fourth-order valence-corrected chi connectivity index (χ4v) is 1.95. The Morgan fingerprint density at radius 3 is 2.68 bits per heavy atom. The predicted octanol–water partition coefficient (Wildman–Crippen LogP) is 4.14. The Morgan fingerprint density at radius 1 is 1.26 bits per heavy atom. The number of nitrogens with zero attached hydrogens (tertiary/aromatic N) is 1. The summed E-state index contributed by atoms with van der Waals surface area (Å²) < 4.78 is 5.56. The SMILES string of the molecule is Cc1cccc(OCc2c(Cl)cccc2[N+](=O)[O-])c1. The molecule has 19 heavy (non-hydrogen) atoms. The lowest BCUT2D eigenvalue weighted by molar-refractivity contribution is -0.385. The molecule has 0 aliphatic rings. The third kappa shape index (κ3) is 3.23. The van der Waals surface area contributed by atoms with Crippen molar-refractivity contribution in [2.24, 2.45) is 0 Å². The van der Waals surface area contributed by atoms with Gasteiger partial charge in [0.2, 0.25) is 0 Å². The Kier molecular flexibility index (Phi) is 4.02. The van der Waals surface area contributed by atoms with E-state index in [9.17, 15) is 10.1 Å². The molecule has 0 bridgehead atoms. The number of rotatable bonds is 4. The van der Waals surface area contributed by atoms with E-state index < -0.39 is 4.92 Å². The van der Waals surface area contributed by atoms with E-state index in [4.69, 9.17) is 16.3 Å². The molecule has 0 aromatic heterocycles. The van der Waals surface area contributed by atoms with Crippen molar-refractivity contribution in [3.63, 3.8) is 0 Å². The normalized spacial score (nSPS) is 10.2. The first-order chi connectivity index (χ1) is 9.08. The van der Waals surface area contributed by atoms with Crippen LogP contribution in [0.1, 0.15) is 11.1 Å². The maximum absolute atomic E-state index is 10.9. The Hall–Kier alpha value is -2.07. The average Bonchev–Trinajstić information content (AvgIpc) is 2.37. The number of nitro benzene ring substituents is 1. The van der Waals surface area contributed by atoms with Crippen molar-refractivity contribution in [3.8, 4) is 5.75 Å². The van der Waals surface area contributed by atoms with Crippen molar-refractivity contribution in [2.75, 3.05) is 0 Å². The molecule has 0 fully saturated rings. The monoisotopic (exact) mass is 277 g/mol. The molecule has 0 amide bonds. The molecule has 0 spiro atoms. The molecule has 0 saturated carbocycles. The van der Waals surface area contributed by atoms with Crippen LogP contribution in [-0.4, -0.2) is 4.92 Å². The Morgan fingerprint density at radius 2 is 2.00 bits per heavy atom. The van der Waals surface area contributed by atoms with Crippen molar-refractivity contribution in [3.05, 3.63) is 68.7 Å². The lowest BCUT2D eigenvalue weighted by Gasteiger charge is -2.08. The maximum Gasteiger partial charge on any atom is 0.277 e. The molecule has 0 radical (unpaired) electrons. The molecule has 5 heteroatoms. The number of ether oxygens (including phenoxy) is 1. The zero-order chi connectivity index (χ0) is 13.8. The highest BCUT2D eigenvalue weighted by atomic mass is 35.5. The van der Waals surface area contributed by atoms with Crippen LogP contribution in [0.15, 0.2) is 42.5 Å². The molecule has 0 aliphatic carbocycles. The minimum atomic E-state index is -0.458. The number of benzene rings is 2. The van der Waals surface area contributed by atoms with Gasteiger partial charge in [0.05, 0.1) is 15.5 Å². The van der Waals surface area contributed by atoms with Crippen molar-refractivity contribution in [2.45, 2.75) is 13.5 Å². The van der Waals surface area contributed by atoms with Crippen LogP contribution in [0.5, 0.6) is 5.75 Å². The minimum absolute atomic E-state index is 0.0276. The van der Waals surface area contributed by atoms with E-state index >= 15 is 0 Å². The minimum Gasteiger partial charge on any atom is -0.489 e. The summed E-state index contributed by atoms with van der Waals surface area (Å²) >= 11 is 5.99. The lowest BCUT2D eigenvalue weighted by atomic mass is 10.2. The highest BCUT2D eigenvalue weighted by Gasteiger charge is 2.16. The zero-order valence-electron chi connectivity index (χ0n) is 10.3. The van der Waals surface area contributed by atoms with Gasteiger partial charge in [0.1, 0.15) is 12.4 Å². The van der Waals surface area contributed by atoms with Crippen LogP contribution < -0.4 is 4.74 Å². The largest absolute Gasteiger partial charge is 0.489 e. The summed E-state index contributed by atoms with van der Waals surface area (Å²) in [4.78, 5) is 10.5. The van der Waals surface area contributed by atoms with Gasteiger partial charge in [-0.2, -0.15) is 0 Å². The van der Waals surface area contributed by atoms with E-state index in [0.717, 1.165) is 5.56 Å². The fraction of sp³-hybridized carbons (Fsp3) is 0.143. The second kappa shape index (κ2) is 5.71. The van der Waals surface area contributed by atoms with Crippen molar-refractivity contribution in [1.82, 2.24) is 0 Å². The number of aryl methyl sites for hydroxylation is 1. The highest BCUT2D eigenvalue weighted by molar-refractivity contribution is 6.31. The molecule has 0 heterocycles. The van der Waals surface area contributed by atoms with Crippen LogP contribution in [0, 0.1) is 17.0 Å². The molecule has 0 atom stereocenters. The first kappa shape index (κ1) is 13.4. The second-order valence-electron chi connectivity index (χ2n) is 4.10. The Bertz CT molecular complexity index is 613. The van der Waals surface area contributed by atoms with Gasteiger partial charge in [-0.15, -0.1) is 0 Å². The molecule has 0 aliphatic heterocycles. The van der Waals surface area contributed by atoms with Gasteiger partial charge in [0.15, 0.2) is 0 Å². The lowest BCUT2D eigenvalue weighted by Crippen LogP contribution is -2.01. The van der Waals surface area contributed by atoms with E-state index in [1.807, 2.05) is 25.1 Å². The zero-order valence-corrected chi connectivity index (χ0v) is 11.1. The number of hydrogen-bond donors (Lipinski definition) is 0. The molecule has 0 unspecified atom stereocenters. The molecule has 0 saturated heterocycles. The number of halogens is 1. The van der Waals surface area contributed by atoms with Gasteiger partial charge in [-0.05, 0) is 30.7 Å². The molecule has 2 aromatic rings. The number of nitro groups is 1. The fourth-order valence-electron chi connectivity index (χ4n) is 1.72. The van der Waals surface area contributed by atoms with Gasteiger partial charge in [0, 0.05) is 6.07 Å². The quantitative estimate of drug-likeness (QED) is 0.623. The van der Waals surface area contributed by atoms with Gasteiger partial charge in [-0.1, -0.05) is 29.8 Å². The van der Waals surface area contributed by atoms with Crippen molar-refractivity contribution in [1.29, 1.82) is 0 Å². The molecule has 98 valence electrons. The number of hydrogen-bond acceptors (Lipinski definition) is 3. The summed E-state index contributed by atoms with van der Waals surface area (Å²) in [6, 6.07) is 12.1. The highest BCUT2D eigenvalue weighted by Crippen LogP contribution is 2.27. The van der Waals surface area contributed by atoms with Gasteiger partial charge in [-0.25, -0.2) is 0 Å². The van der Waals surface area contributed by atoms with E-state index in [2.05, 4.69) is 0 Å². The second-order valence-corrected chi connectivity index (χ2v) is 4.51. The summed E-state index contributed by atoms with van der Waals surface area (Å²) in [5.41, 5.74) is 1.42. The predicted molar refractivity (Wildman–Crippen MR) is 73.6 cm³/mol. The summed E-state index contributed by atoms with van der Waals surface area (Å²) in [5, 5.41) is 11.3. The topological polar surface area (TPSA) is 52.4 Å². The molecule has 4 nitrogen and oxygen atoms in total. The standard InChI is InChI=1S/C14H12ClNO3/c1-10-4-2-5-11(8-10)19-9-12-13(15)6-3-7-14(12)16(17)18/h2-8H,9H2,1H3. The van der Waals surface area contributed by atoms with Crippen LogP contribution in [0.25, 0.3) is 0 Å². The summed E-state index contributed by atoms with van der Waals surface area (Å²) in [6.45, 7) is 2.02.